The zero-order valence-electron chi connectivity index (χ0n) is 16.3. The van der Waals surface area contributed by atoms with Crippen molar-refractivity contribution in [2.75, 3.05) is 32.7 Å². The minimum absolute atomic E-state index is 0.0101. The third-order valence-electron chi connectivity index (χ3n) is 5.89. The number of halogens is 1. The molecule has 29 heavy (non-hydrogen) atoms. The first-order valence-electron chi connectivity index (χ1n) is 9.88. The number of amides is 2. The van der Waals surface area contributed by atoms with E-state index in [0.29, 0.717) is 32.6 Å². The van der Waals surface area contributed by atoms with Crippen LogP contribution in [0.4, 0.5) is 4.39 Å². The van der Waals surface area contributed by atoms with Gasteiger partial charge in [0.1, 0.15) is 5.82 Å². The molecule has 0 aliphatic carbocycles. The number of aromatic nitrogens is 2. The molecule has 2 fully saturated rings. The number of rotatable bonds is 5. The molecular formula is C20H24FN5O2S. The molecule has 9 heteroatoms. The Labute approximate surface area is 173 Å². The SMILES string of the molecule is CC[C@H]1C(=O)NCCN1CC(=O)N1C[C@@H](c2ccc(F)cc2)[C@H](c2csnn2)C1. The minimum atomic E-state index is -0.277. The maximum atomic E-state index is 13.4. The van der Waals surface area contributed by atoms with E-state index in [4.69, 9.17) is 0 Å². The highest BCUT2D eigenvalue weighted by Gasteiger charge is 2.39. The zero-order chi connectivity index (χ0) is 20.4. The van der Waals surface area contributed by atoms with E-state index in [-0.39, 0.29) is 42.1 Å². The molecule has 2 saturated heterocycles. The van der Waals surface area contributed by atoms with Gasteiger partial charge >= 0.3 is 0 Å². The van der Waals surface area contributed by atoms with Gasteiger partial charge in [-0.25, -0.2) is 4.39 Å². The summed E-state index contributed by atoms with van der Waals surface area (Å²) in [6.07, 6.45) is 0.671. The Morgan fingerprint density at radius 3 is 2.72 bits per heavy atom. The van der Waals surface area contributed by atoms with Crippen LogP contribution in [0.3, 0.4) is 0 Å². The van der Waals surface area contributed by atoms with Crippen LogP contribution in [0.25, 0.3) is 0 Å². The molecule has 2 amide bonds. The van der Waals surface area contributed by atoms with Crippen molar-refractivity contribution in [3.05, 3.63) is 46.7 Å². The molecule has 3 atom stereocenters. The van der Waals surface area contributed by atoms with Crippen molar-refractivity contribution in [3.8, 4) is 0 Å². The molecule has 0 radical (unpaired) electrons. The maximum Gasteiger partial charge on any atom is 0.237 e. The number of benzene rings is 1. The summed E-state index contributed by atoms with van der Waals surface area (Å²) in [5.41, 5.74) is 1.85. The minimum Gasteiger partial charge on any atom is -0.353 e. The Morgan fingerprint density at radius 2 is 2.03 bits per heavy atom. The monoisotopic (exact) mass is 417 g/mol. The first-order chi connectivity index (χ1) is 14.1. The van der Waals surface area contributed by atoms with Crippen LogP contribution < -0.4 is 5.32 Å². The summed E-state index contributed by atoms with van der Waals surface area (Å²) in [7, 11) is 0. The molecule has 2 aliphatic rings. The summed E-state index contributed by atoms with van der Waals surface area (Å²) in [4.78, 5) is 29.0. The second-order valence-corrected chi connectivity index (χ2v) is 8.19. The van der Waals surface area contributed by atoms with Gasteiger partial charge in [-0.1, -0.05) is 23.5 Å². The number of carbonyl (C=O) groups is 2. The van der Waals surface area contributed by atoms with Crippen molar-refractivity contribution >= 4 is 23.3 Å². The number of likely N-dealkylation sites (tertiary alicyclic amines) is 1. The van der Waals surface area contributed by atoms with E-state index in [1.165, 1.54) is 23.7 Å². The zero-order valence-corrected chi connectivity index (χ0v) is 17.1. The van der Waals surface area contributed by atoms with Crippen molar-refractivity contribution < 1.29 is 14.0 Å². The number of nitrogens with one attached hydrogen (secondary N) is 1. The molecule has 0 bridgehead atoms. The topological polar surface area (TPSA) is 78.4 Å². The highest BCUT2D eigenvalue weighted by Crippen LogP contribution is 2.39. The van der Waals surface area contributed by atoms with Crippen molar-refractivity contribution in [1.29, 1.82) is 0 Å². The molecular weight excluding hydrogens is 393 g/mol. The largest absolute Gasteiger partial charge is 0.353 e. The lowest BCUT2D eigenvalue weighted by atomic mass is 9.87. The molecule has 154 valence electrons. The van der Waals surface area contributed by atoms with E-state index in [2.05, 4.69) is 14.9 Å². The first kappa shape index (κ1) is 19.9. The highest BCUT2D eigenvalue weighted by molar-refractivity contribution is 7.03. The van der Waals surface area contributed by atoms with E-state index in [0.717, 1.165) is 11.3 Å². The third kappa shape index (κ3) is 4.16. The predicted octanol–water partition coefficient (Wildman–Crippen LogP) is 1.60. The molecule has 1 aromatic heterocycles. The summed E-state index contributed by atoms with van der Waals surface area (Å²) in [6, 6.07) is 6.20. The van der Waals surface area contributed by atoms with E-state index < -0.39 is 0 Å². The first-order valence-corrected chi connectivity index (χ1v) is 10.7. The van der Waals surface area contributed by atoms with Crippen LogP contribution in [0, 0.1) is 5.82 Å². The van der Waals surface area contributed by atoms with Gasteiger partial charge in [-0.3, -0.25) is 14.5 Å². The average Bonchev–Trinajstić information content (AvgIpc) is 3.38. The fraction of sp³-hybridized carbons (Fsp3) is 0.500. The summed E-state index contributed by atoms with van der Waals surface area (Å²) in [5, 5.41) is 9.01. The fourth-order valence-corrected chi connectivity index (χ4v) is 4.88. The molecule has 0 spiro atoms. The molecule has 2 aromatic rings. The molecule has 0 unspecified atom stereocenters. The lowest BCUT2D eigenvalue weighted by molar-refractivity contribution is -0.136. The van der Waals surface area contributed by atoms with Gasteiger partial charge in [0.2, 0.25) is 11.8 Å². The molecule has 7 nitrogen and oxygen atoms in total. The van der Waals surface area contributed by atoms with Gasteiger partial charge in [0.05, 0.1) is 18.3 Å². The molecule has 2 aliphatic heterocycles. The summed E-state index contributed by atoms with van der Waals surface area (Å²) in [6.45, 7) is 4.51. The Hall–Kier alpha value is -2.39. The lowest BCUT2D eigenvalue weighted by Gasteiger charge is -2.34. The number of piperazine rings is 1. The summed E-state index contributed by atoms with van der Waals surface area (Å²) >= 11 is 1.29. The van der Waals surface area contributed by atoms with Crippen LogP contribution in [0.1, 0.15) is 36.4 Å². The fourth-order valence-electron chi connectivity index (χ4n) is 4.36. The van der Waals surface area contributed by atoms with Crippen molar-refractivity contribution in [2.24, 2.45) is 0 Å². The van der Waals surface area contributed by atoms with E-state index in [9.17, 15) is 14.0 Å². The highest BCUT2D eigenvalue weighted by atomic mass is 32.1. The molecule has 0 saturated carbocycles. The number of nitrogens with zero attached hydrogens (tertiary/aromatic N) is 4. The van der Waals surface area contributed by atoms with Gasteiger partial charge in [-0.2, -0.15) is 0 Å². The summed E-state index contributed by atoms with van der Waals surface area (Å²) < 4.78 is 17.4. The van der Waals surface area contributed by atoms with Gasteiger partial charge in [-0.15, -0.1) is 5.10 Å². The van der Waals surface area contributed by atoms with E-state index in [1.807, 2.05) is 22.1 Å². The van der Waals surface area contributed by atoms with Crippen molar-refractivity contribution in [1.82, 2.24) is 24.7 Å². The van der Waals surface area contributed by atoms with Gasteiger partial charge in [-0.05, 0) is 35.6 Å². The van der Waals surface area contributed by atoms with Crippen LogP contribution >= 0.6 is 11.5 Å². The van der Waals surface area contributed by atoms with E-state index in [1.54, 1.807) is 12.1 Å². The van der Waals surface area contributed by atoms with Crippen molar-refractivity contribution in [3.63, 3.8) is 0 Å². The number of hydrogen-bond donors (Lipinski definition) is 1. The van der Waals surface area contributed by atoms with E-state index >= 15 is 0 Å². The van der Waals surface area contributed by atoms with Gasteiger partial charge in [0.25, 0.3) is 0 Å². The third-order valence-corrected chi connectivity index (χ3v) is 6.42. The Morgan fingerprint density at radius 1 is 1.28 bits per heavy atom. The predicted molar refractivity (Wildman–Crippen MR) is 107 cm³/mol. The van der Waals surface area contributed by atoms with Gasteiger partial charge in [0.15, 0.2) is 0 Å². The molecule has 1 N–H and O–H groups in total. The van der Waals surface area contributed by atoms with Crippen LogP contribution in [-0.2, 0) is 9.59 Å². The van der Waals surface area contributed by atoms with Crippen LogP contribution in [0.5, 0.6) is 0 Å². The molecule has 3 heterocycles. The normalized spacial score (nSPS) is 25.2. The van der Waals surface area contributed by atoms with Gasteiger partial charge in [0, 0.05) is 43.4 Å². The summed E-state index contributed by atoms with van der Waals surface area (Å²) in [5.74, 6) is -0.218. The molecule has 4 rings (SSSR count). The smallest absolute Gasteiger partial charge is 0.237 e. The van der Waals surface area contributed by atoms with Crippen molar-refractivity contribution in [2.45, 2.75) is 31.2 Å². The Bertz CT molecular complexity index is 860. The Kier molecular flexibility index (Phi) is 5.86. The number of hydrogen-bond acceptors (Lipinski definition) is 6. The second-order valence-electron chi connectivity index (χ2n) is 7.58. The average molecular weight is 418 g/mol. The maximum absolute atomic E-state index is 13.4. The van der Waals surface area contributed by atoms with Gasteiger partial charge < -0.3 is 10.2 Å². The van der Waals surface area contributed by atoms with Crippen LogP contribution in [-0.4, -0.2) is 70.0 Å². The van der Waals surface area contributed by atoms with Crippen LogP contribution in [0.2, 0.25) is 0 Å². The number of carbonyl (C=O) groups excluding carboxylic acids is 2. The lowest BCUT2D eigenvalue weighted by Crippen LogP contribution is -2.57. The van der Waals surface area contributed by atoms with Crippen LogP contribution in [0.15, 0.2) is 29.6 Å². The Balaban J connectivity index is 1.51. The second kappa shape index (κ2) is 8.54. The molecule has 1 aromatic carbocycles. The quantitative estimate of drug-likeness (QED) is 0.800. The standard InChI is InChI=1S/C20H24FN5O2S/c1-2-18-20(28)22-7-8-25(18)11-19(27)26-9-15(13-3-5-14(21)6-4-13)16(10-26)17-12-29-24-23-17/h3-6,12,15-16,18H,2,7-11H2,1H3,(H,22,28)/t15-,16+,18-/m0/s1.